The van der Waals surface area contributed by atoms with Crippen LogP contribution in [-0.4, -0.2) is 12.6 Å². The SMILES string of the molecule is CCOC(=O)CCC1CCC(c2ccc(F)c(F)c2)CC1. The van der Waals surface area contributed by atoms with Gasteiger partial charge in [0.15, 0.2) is 11.6 Å². The summed E-state index contributed by atoms with van der Waals surface area (Å²) in [7, 11) is 0. The van der Waals surface area contributed by atoms with E-state index in [-0.39, 0.29) is 5.97 Å². The lowest BCUT2D eigenvalue weighted by molar-refractivity contribution is -0.143. The van der Waals surface area contributed by atoms with Gasteiger partial charge in [-0.3, -0.25) is 4.79 Å². The van der Waals surface area contributed by atoms with Gasteiger partial charge >= 0.3 is 5.97 Å². The minimum absolute atomic E-state index is 0.125. The number of halogens is 2. The quantitative estimate of drug-likeness (QED) is 0.743. The molecule has 0 saturated heterocycles. The summed E-state index contributed by atoms with van der Waals surface area (Å²) >= 11 is 0. The predicted octanol–water partition coefficient (Wildman–Crippen LogP) is 4.58. The van der Waals surface area contributed by atoms with E-state index < -0.39 is 11.6 Å². The van der Waals surface area contributed by atoms with Crippen LogP contribution in [0, 0.1) is 17.6 Å². The van der Waals surface area contributed by atoms with Gasteiger partial charge in [0.1, 0.15) is 0 Å². The molecule has 0 radical (unpaired) electrons. The van der Waals surface area contributed by atoms with Gasteiger partial charge in [0.25, 0.3) is 0 Å². The van der Waals surface area contributed by atoms with Gasteiger partial charge in [-0.15, -0.1) is 0 Å². The van der Waals surface area contributed by atoms with Crippen LogP contribution in [0.15, 0.2) is 18.2 Å². The summed E-state index contributed by atoms with van der Waals surface area (Å²) in [6.45, 7) is 2.24. The second-order valence-corrected chi connectivity index (χ2v) is 5.73. The molecule has 1 aliphatic carbocycles. The first-order chi connectivity index (χ1) is 10.1. The number of esters is 1. The van der Waals surface area contributed by atoms with Gasteiger partial charge < -0.3 is 4.74 Å². The fourth-order valence-electron chi connectivity index (χ4n) is 3.11. The van der Waals surface area contributed by atoms with Crippen LogP contribution in [0.4, 0.5) is 8.78 Å². The molecule has 1 fully saturated rings. The molecular formula is C17H22F2O2. The molecule has 1 aromatic rings. The molecule has 2 rings (SSSR count). The third-order valence-electron chi connectivity index (χ3n) is 4.32. The average Bonchev–Trinajstić information content (AvgIpc) is 2.49. The maximum absolute atomic E-state index is 13.3. The molecule has 2 nitrogen and oxygen atoms in total. The van der Waals surface area contributed by atoms with E-state index in [9.17, 15) is 13.6 Å². The van der Waals surface area contributed by atoms with Crippen molar-refractivity contribution in [1.82, 2.24) is 0 Å². The summed E-state index contributed by atoms with van der Waals surface area (Å²) in [5, 5.41) is 0. The summed E-state index contributed by atoms with van der Waals surface area (Å²) in [6.07, 6.45) is 5.35. The Balaban J connectivity index is 1.80. The molecule has 21 heavy (non-hydrogen) atoms. The average molecular weight is 296 g/mol. The normalized spacial score (nSPS) is 22.0. The third-order valence-corrected chi connectivity index (χ3v) is 4.32. The van der Waals surface area contributed by atoms with Gasteiger partial charge in [-0.1, -0.05) is 6.07 Å². The van der Waals surface area contributed by atoms with Crippen LogP contribution < -0.4 is 0 Å². The zero-order valence-electron chi connectivity index (χ0n) is 12.4. The number of hydrogen-bond acceptors (Lipinski definition) is 2. The van der Waals surface area contributed by atoms with Crippen molar-refractivity contribution >= 4 is 5.97 Å². The minimum Gasteiger partial charge on any atom is -0.466 e. The van der Waals surface area contributed by atoms with Crippen LogP contribution in [0.25, 0.3) is 0 Å². The maximum Gasteiger partial charge on any atom is 0.305 e. The largest absolute Gasteiger partial charge is 0.466 e. The molecule has 0 bridgehead atoms. The van der Waals surface area contributed by atoms with E-state index in [0.717, 1.165) is 37.7 Å². The second kappa shape index (κ2) is 7.53. The first-order valence-corrected chi connectivity index (χ1v) is 7.70. The van der Waals surface area contributed by atoms with E-state index in [1.807, 2.05) is 6.92 Å². The number of ether oxygens (including phenoxy) is 1. The van der Waals surface area contributed by atoms with E-state index in [1.54, 1.807) is 6.07 Å². The highest BCUT2D eigenvalue weighted by molar-refractivity contribution is 5.69. The van der Waals surface area contributed by atoms with Crippen LogP contribution in [0.3, 0.4) is 0 Å². The Labute approximate surface area is 124 Å². The van der Waals surface area contributed by atoms with Gasteiger partial charge in [0.05, 0.1) is 6.61 Å². The Hall–Kier alpha value is -1.45. The molecule has 1 saturated carbocycles. The van der Waals surface area contributed by atoms with Crippen molar-refractivity contribution in [3.8, 4) is 0 Å². The van der Waals surface area contributed by atoms with Crippen molar-refractivity contribution in [3.05, 3.63) is 35.4 Å². The maximum atomic E-state index is 13.3. The molecular weight excluding hydrogens is 274 g/mol. The van der Waals surface area contributed by atoms with Gasteiger partial charge in [0.2, 0.25) is 0 Å². The Bertz CT molecular complexity index is 480. The van der Waals surface area contributed by atoms with Crippen molar-refractivity contribution in [3.63, 3.8) is 0 Å². The zero-order chi connectivity index (χ0) is 15.2. The summed E-state index contributed by atoms with van der Waals surface area (Å²) < 4.78 is 31.1. The van der Waals surface area contributed by atoms with E-state index in [0.29, 0.717) is 24.9 Å². The van der Waals surface area contributed by atoms with Gasteiger partial charge in [-0.05, 0) is 68.6 Å². The van der Waals surface area contributed by atoms with Gasteiger partial charge in [-0.2, -0.15) is 0 Å². The molecule has 116 valence electrons. The molecule has 4 heteroatoms. The molecule has 1 aliphatic rings. The van der Waals surface area contributed by atoms with Crippen LogP contribution in [0.2, 0.25) is 0 Å². The fourth-order valence-corrected chi connectivity index (χ4v) is 3.11. The lowest BCUT2D eigenvalue weighted by atomic mass is 9.77. The van der Waals surface area contributed by atoms with Crippen LogP contribution >= 0.6 is 0 Å². The molecule has 0 heterocycles. The van der Waals surface area contributed by atoms with Crippen LogP contribution in [-0.2, 0) is 9.53 Å². The Kier molecular flexibility index (Phi) is 5.71. The smallest absolute Gasteiger partial charge is 0.305 e. The summed E-state index contributed by atoms with van der Waals surface area (Å²) in [4.78, 5) is 11.3. The van der Waals surface area contributed by atoms with Crippen molar-refractivity contribution < 1.29 is 18.3 Å². The van der Waals surface area contributed by atoms with Gasteiger partial charge in [-0.25, -0.2) is 8.78 Å². The number of benzene rings is 1. The molecule has 0 spiro atoms. The van der Waals surface area contributed by atoms with Gasteiger partial charge in [0, 0.05) is 6.42 Å². The number of carbonyl (C=O) groups is 1. The standard InChI is InChI=1S/C17H22F2O2/c1-2-21-17(20)10-5-12-3-6-13(7-4-12)14-8-9-15(18)16(19)11-14/h8-9,11-13H,2-7,10H2,1H3. The van der Waals surface area contributed by atoms with E-state index in [4.69, 9.17) is 4.74 Å². The summed E-state index contributed by atoms with van der Waals surface area (Å²) in [5.74, 6) is -0.839. The van der Waals surface area contributed by atoms with E-state index in [1.165, 1.54) is 12.1 Å². The van der Waals surface area contributed by atoms with Crippen molar-refractivity contribution in [2.45, 2.75) is 51.4 Å². The number of carbonyl (C=O) groups excluding carboxylic acids is 1. The topological polar surface area (TPSA) is 26.3 Å². The monoisotopic (exact) mass is 296 g/mol. The lowest BCUT2D eigenvalue weighted by Crippen LogP contribution is -2.15. The highest BCUT2D eigenvalue weighted by atomic mass is 19.2. The van der Waals surface area contributed by atoms with Crippen molar-refractivity contribution in [2.75, 3.05) is 6.61 Å². The zero-order valence-corrected chi connectivity index (χ0v) is 12.4. The first-order valence-electron chi connectivity index (χ1n) is 7.70. The molecule has 0 aliphatic heterocycles. The second-order valence-electron chi connectivity index (χ2n) is 5.73. The Morgan fingerprint density at radius 3 is 2.52 bits per heavy atom. The molecule has 0 N–H and O–H groups in total. The van der Waals surface area contributed by atoms with E-state index in [2.05, 4.69) is 0 Å². The van der Waals surface area contributed by atoms with Crippen LogP contribution in [0.5, 0.6) is 0 Å². The molecule has 0 unspecified atom stereocenters. The summed E-state index contributed by atoms with van der Waals surface area (Å²) in [5.41, 5.74) is 0.887. The molecule has 0 amide bonds. The van der Waals surface area contributed by atoms with Crippen molar-refractivity contribution in [1.29, 1.82) is 0 Å². The fraction of sp³-hybridized carbons (Fsp3) is 0.588. The lowest BCUT2D eigenvalue weighted by Gasteiger charge is -2.28. The molecule has 0 atom stereocenters. The summed E-state index contributed by atoms with van der Waals surface area (Å²) in [6, 6.07) is 4.21. The highest BCUT2D eigenvalue weighted by Crippen LogP contribution is 2.37. The van der Waals surface area contributed by atoms with E-state index >= 15 is 0 Å². The molecule has 0 aromatic heterocycles. The minimum atomic E-state index is -0.790. The Morgan fingerprint density at radius 1 is 1.19 bits per heavy atom. The van der Waals surface area contributed by atoms with Crippen molar-refractivity contribution in [2.24, 2.45) is 5.92 Å². The first kappa shape index (κ1) is 15.9. The van der Waals surface area contributed by atoms with Crippen LogP contribution in [0.1, 0.15) is 56.9 Å². The predicted molar refractivity (Wildman–Crippen MR) is 76.9 cm³/mol. The highest BCUT2D eigenvalue weighted by Gasteiger charge is 2.23. The third kappa shape index (κ3) is 4.51. The molecule has 1 aromatic carbocycles. The number of hydrogen-bond donors (Lipinski definition) is 0. The number of rotatable bonds is 5. The Morgan fingerprint density at radius 2 is 1.90 bits per heavy atom.